The Balaban J connectivity index is 1.46. The fourth-order valence-corrected chi connectivity index (χ4v) is 5.06. The fourth-order valence-electron chi connectivity index (χ4n) is 4.18. The van der Waals surface area contributed by atoms with E-state index in [-0.39, 0.29) is 12.0 Å². The van der Waals surface area contributed by atoms with E-state index in [1.807, 2.05) is 36.5 Å². The van der Waals surface area contributed by atoms with Crippen LogP contribution in [0, 0.1) is 0 Å². The van der Waals surface area contributed by atoms with Gasteiger partial charge in [-0.1, -0.05) is 27.5 Å². The molecular formula is C23H24BrClN6O. The van der Waals surface area contributed by atoms with E-state index < -0.39 is 0 Å². The molecule has 1 unspecified atom stereocenters. The van der Waals surface area contributed by atoms with E-state index in [2.05, 4.69) is 60.4 Å². The Morgan fingerprint density at radius 1 is 1.16 bits per heavy atom. The summed E-state index contributed by atoms with van der Waals surface area (Å²) in [4.78, 5) is 11.4. The van der Waals surface area contributed by atoms with Crippen LogP contribution in [0.25, 0.3) is 10.9 Å². The van der Waals surface area contributed by atoms with Gasteiger partial charge in [0.05, 0.1) is 10.5 Å². The van der Waals surface area contributed by atoms with E-state index in [0.717, 1.165) is 52.9 Å². The van der Waals surface area contributed by atoms with Gasteiger partial charge in [-0.05, 0) is 43.3 Å². The molecular weight excluding hydrogens is 492 g/mol. The minimum Gasteiger partial charge on any atom is -0.489 e. The van der Waals surface area contributed by atoms with Gasteiger partial charge < -0.3 is 15.0 Å². The molecule has 0 radical (unpaired) electrons. The van der Waals surface area contributed by atoms with Crippen molar-refractivity contribution < 1.29 is 4.74 Å². The number of nitrogens with zero attached hydrogens (tertiary/aromatic N) is 5. The summed E-state index contributed by atoms with van der Waals surface area (Å²) in [6.45, 7) is 2.83. The second-order valence-corrected chi connectivity index (χ2v) is 9.76. The number of likely N-dealkylation sites (N-methyl/N-ethyl adjacent to an activating group) is 2. The van der Waals surface area contributed by atoms with Crippen LogP contribution in [0.4, 0.5) is 11.6 Å². The van der Waals surface area contributed by atoms with Gasteiger partial charge in [0.25, 0.3) is 0 Å². The number of hydrogen-bond donors (Lipinski definition) is 1. The molecule has 1 N–H and O–H groups in total. The van der Waals surface area contributed by atoms with Crippen molar-refractivity contribution in [2.24, 2.45) is 5.10 Å². The first-order chi connectivity index (χ1) is 15.4. The summed E-state index contributed by atoms with van der Waals surface area (Å²) >= 11 is 9.86. The molecule has 0 amide bonds. The lowest BCUT2D eigenvalue weighted by molar-refractivity contribution is 0.208. The van der Waals surface area contributed by atoms with Gasteiger partial charge in [0.15, 0.2) is 0 Å². The number of benzene rings is 2. The van der Waals surface area contributed by atoms with Gasteiger partial charge in [-0.3, -0.25) is 5.01 Å². The minimum absolute atomic E-state index is 0.192. The minimum atomic E-state index is 0.192. The van der Waals surface area contributed by atoms with Crippen LogP contribution in [0.5, 0.6) is 5.75 Å². The standard InChI is InChI=1S/C23H24BrClN6O/c1-30-4-3-19(13-30)32-20-7-14(16-11-27-31(2)12-16)6-18(9-20)28-23-26-10-15-5-17(24)8-21(25)22(15)29-23/h5-11,16,19H,3-4,12-13H2,1-2H3,(H,26,28,29)/t16?,19-/m1/s1. The van der Waals surface area contributed by atoms with Crippen LogP contribution in [0.2, 0.25) is 5.02 Å². The number of rotatable bonds is 5. The summed E-state index contributed by atoms with van der Waals surface area (Å²) in [5.74, 6) is 1.54. The molecule has 2 atom stereocenters. The average Bonchev–Trinajstić information content (AvgIpc) is 3.36. The Morgan fingerprint density at radius 2 is 2.03 bits per heavy atom. The summed E-state index contributed by atoms with van der Waals surface area (Å²) in [7, 11) is 4.10. The molecule has 3 aromatic rings. The van der Waals surface area contributed by atoms with Crippen LogP contribution >= 0.6 is 27.5 Å². The van der Waals surface area contributed by atoms with Crippen LogP contribution in [0.1, 0.15) is 17.9 Å². The topological polar surface area (TPSA) is 65.9 Å². The van der Waals surface area contributed by atoms with E-state index in [9.17, 15) is 0 Å². The second-order valence-electron chi connectivity index (χ2n) is 8.44. The molecule has 32 heavy (non-hydrogen) atoms. The van der Waals surface area contributed by atoms with Crippen molar-refractivity contribution in [1.29, 1.82) is 0 Å². The fraction of sp³-hybridized carbons (Fsp3) is 0.348. The Morgan fingerprint density at radius 3 is 2.78 bits per heavy atom. The van der Waals surface area contributed by atoms with Crippen molar-refractivity contribution in [1.82, 2.24) is 19.9 Å². The van der Waals surface area contributed by atoms with Crippen LogP contribution in [-0.2, 0) is 0 Å². The molecule has 7 nitrogen and oxygen atoms in total. The van der Waals surface area contributed by atoms with Crippen LogP contribution < -0.4 is 10.1 Å². The lowest BCUT2D eigenvalue weighted by atomic mass is 10.00. The average molecular weight is 516 g/mol. The van der Waals surface area contributed by atoms with E-state index >= 15 is 0 Å². The summed E-state index contributed by atoms with van der Waals surface area (Å²) in [5, 5.41) is 11.1. The van der Waals surface area contributed by atoms with Gasteiger partial charge in [-0.2, -0.15) is 5.10 Å². The molecule has 9 heteroatoms. The highest BCUT2D eigenvalue weighted by molar-refractivity contribution is 9.10. The van der Waals surface area contributed by atoms with E-state index in [0.29, 0.717) is 16.5 Å². The third-order valence-electron chi connectivity index (χ3n) is 5.77. The zero-order valence-electron chi connectivity index (χ0n) is 17.9. The molecule has 1 saturated heterocycles. The molecule has 0 spiro atoms. The predicted octanol–water partition coefficient (Wildman–Crippen LogP) is 4.89. The first-order valence-electron chi connectivity index (χ1n) is 10.6. The van der Waals surface area contributed by atoms with Gasteiger partial charge in [0.2, 0.25) is 5.95 Å². The number of hydrazone groups is 1. The molecule has 166 valence electrons. The number of fused-ring (bicyclic) bond motifs is 1. The molecule has 2 aliphatic heterocycles. The zero-order valence-corrected chi connectivity index (χ0v) is 20.3. The molecule has 1 fully saturated rings. The van der Waals surface area contributed by atoms with E-state index in [4.69, 9.17) is 16.3 Å². The number of ether oxygens (including phenoxy) is 1. The monoisotopic (exact) mass is 514 g/mol. The molecule has 0 aliphatic carbocycles. The smallest absolute Gasteiger partial charge is 0.227 e. The van der Waals surface area contributed by atoms with Crippen LogP contribution in [0.3, 0.4) is 0 Å². The Hall–Kier alpha value is -2.42. The Kier molecular flexibility index (Phi) is 5.92. The summed E-state index contributed by atoms with van der Waals surface area (Å²) in [5.41, 5.74) is 2.73. The van der Waals surface area contributed by atoms with Crippen molar-refractivity contribution in [3.8, 4) is 5.75 Å². The third-order valence-corrected chi connectivity index (χ3v) is 6.52. The summed E-state index contributed by atoms with van der Waals surface area (Å²) < 4.78 is 7.24. The Labute approximate surface area is 200 Å². The number of hydrogen-bond acceptors (Lipinski definition) is 7. The van der Waals surface area contributed by atoms with Gasteiger partial charge >= 0.3 is 0 Å². The maximum Gasteiger partial charge on any atom is 0.227 e. The van der Waals surface area contributed by atoms with E-state index in [1.165, 1.54) is 0 Å². The number of aromatic nitrogens is 2. The highest BCUT2D eigenvalue weighted by atomic mass is 79.9. The van der Waals surface area contributed by atoms with Crippen molar-refractivity contribution in [2.45, 2.75) is 18.4 Å². The first-order valence-corrected chi connectivity index (χ1v) is 11.7. The van der Waals surface area contributed by atoms with Gasteiger partial charge in [-0.25, -0.2) is 9.97 Å². The van der Waals surface area contributed by atoms with Crippen molar-refractivity contribution in [2.75, 3.05) is 39.0 Å². The molecule has 2 aliphatic rings. The SMILES string of the molecule is CN1CC[C@@H](Oc2cc(Nc3ncc4cc(Br)cc(Cl)c4n3)cc(C3C=NN(C)C3)c2)C1. The van der Waals surface area contributed by atoms with Crippen molar-refractivity contribution in [3.63, 3.8) is 0 Å². The predicted molar refractivity (Wildman–Crippen MR) is 132 cm³/mol. The van der Waals surface area contributed by atoms with E-state index in [1.54, 1.807) is 6.20 Å². The summed E-state index contributed by atoms with van der Waals surface area (Å²) in [6, 6.07) is 10.0. The van der Waals surface area contributed by atoms with Crippen molar-refractivity contribution in [3.05, 3.63) is 51.6 Å². The Bertz CT molecular complexity index is 1190. The number of likely N-dealkylation sites (tertiary alicyclic amines) is 1. The summed E-state index contributed by atoms with van der Waals surface area (Å²) in [6.07, 6.45) is 4.97. The van der Waals surface area contributed by atoms with Gasteiger partial charge in [0, 0.05) is 66.6 Å². The highest BCUT2D eigenvalue weighted by Gasteiger charge is 2.23. The molecule has 0 bridgehead atoms. The molecule has 0 saturated carbocycles. The van der Waals surface area contributed by atoms with Crippen LogP contribution in [0.15, 0.2) is 46.1 Å². The number of nitrogens with one attached hydrogen (secondary N) is 1. The highest BCUT2D eigenvalue weighted by Crippen LogP contribution is 2.32. The second kappa shape index (κ2) is 8.84. The molecule has 2 aromatic carbocycles. The quantitative estimate of drug-likeness (QED) is 0.522. The van der Waals surface area contributed by atoms with Crippen molar-refractivity contribution >= 4 is 56.3 Å². The van der Waals surface area contributed by atoms with Gasteiger partial charge in [0.1, 0.15) is 11.9 Å². The third kappa shape index (κ3) is 4.67. The number of anilines is 2. The maximum absolute atomic E-state index is 6.40. The number of halogens is 2. The molecule has 1 aromatic heterocycles. The lowest BCUT2D eigenvalue weighted by Crippen LogP contribution is -2.21. The van der Waals surface area contributed by atoms with Gasteiger partial charge in [-0.15, -0.1) is 0 Å². The lowest BCUT2D eigenvalue weighted by Gasteiger charge is -2.18. The molecule has 5 rings (SSSR count). The maximum atomic E-state index is 6.40. The molecule has 3 heterocycles. The largest absolute Gasteiger partial charge is 0.489 e. The normalized spacial score (nSPS) is 20.9. The zero-order chi connectivity index (χ0) is 22.2. The van der Waals surface area contributed by atoms with Crippen LogP contribution in [-0.4, -0.2) is 65.9 Å². The first kappa shape index (κ1) is 21.4.